The molecule has 0 atom stereocenters. The van der Waals surface area contributed by atoms with Crippen molar-refractivity contribution in [1.29, 1.82) is 0 Å². The molecule has 3 nitrogen and oxygen atoms in total. The van der Waals surface area contributed by atoms with Crippen molar-refractivity contribution >= 4 is 119 Å². The lowest BCUT2D eigenvalue weighted by molar-refractivity contribution is 0.673. The van der Waals surface area contributed by atoms with Gasteiger partial charge in [-0.15, -0.1) is 11.3 Å². The van der Waals surface area contributed by atoms with Gasteiger partial charge in [0.15, 0.2) is 5.58 Å². The Morgan fingerprint density at radius 1 is 0.352 bits per heavy atom. The third kappa shape index (κ3) is 3.30. The summed E-state index contributed by atoms with van der Waals surface area (Å²) in [4.78, 5) is 0. The van der Waals surface area contributed by atoms with Gasteiger partial charge >= 0.3 is 0 Å². The van der Waals surface area contributed by atoms with Crippen LogP contribution in [0.5, 0.6) is 0 Å². The van der Waals surface area contributed by atoms with Gasteiger partial charge in [0.1, 0.15) is 5.58 Å². The van der Waals surface area contributed by atoms with E-state index in [1.807, 2.05) is 11.3 Å². The molecule has 14 rings (SSSR count). The number of furan rings is 1. The van der Waals surface area contributed by atoms with Gasteiger partial charge in [0.05, 0.1) is 37.8 Å². The van der Waals surface area contributed by atoms with Gasteiger partial charge < -0.3 is 13.2 Å². The Morgan fingerprint density at radius 3 is 1.43 bits per heavy atom. The van der Waals surface area contributed by atoms with E-state index in [0.717, 1.165) is 11.2 Å². The lowest BCUT2D eigenvalue weighted by atomic mass is 10.0. The van der Waals surface area contributed by atoms with Crippen molar-refractivity contribution < 1.29 is 4.42 Å². The van der Waals surface area contributed by atoms with Gasteiger partial charge in [0, 0.05) is 58.6 Å². The Morgan fingerprint density at radius 2 is 0.815 bits per heavy atom. The first kappa shape index (κ1) is 27.7. The number of nitrogens with zero attached hydrogens (tertiary/aromatic N) is 2. The monoisotopic (exact) mass is 702 g/mol. The predicted octanol–water partition coefficient (Wildman–Crippen LogP) is 14.4. The molecule has 6 aromatic heterocycles. The van der Waals surface area contributed by atoms with E-state index in [-0.39, 0.29) is 0 Å². The number of rotatable bonds is 2. The van der Waals surface area contributed by atoms with Crippen LogP contribution < -0.4 is 0 Å². The van der Waals surface area contributed by atoms with Crippen LogP contribution in [-0.2, 0) is 0 Å². The van der Waals surface area contributed by atoms with Crippen molar-refractivity contribution in [2.24, 2.45) is 0 Å². The molecule has 0 aliphatic heterocycles. The highest BCUT2D eigenvalue weighted by molar-refractivity contribution is 7.26. The van der Waals surface area contributed by atoms with E-state index in [1.165, 1.54) is 119 Å². The molecule has 0 saturated carbocycles. The van der Waals surface area contributed by atoms with E-state index in [9.17, 15) is 0 Å². The van der Waals surface area contributed by atoms with Crippen LogP contribution in [0, 0.1) is 0 Å². The van der Waals surface area contributed by atoms with Crippen LogP contribution in [0.25, 0.3) is 130 Å². The zero-order chi connectivity index (χ0) is 34.8. The van der Waals surface area contributed by atoms with Crippen molar-refractivity contribution in [2.75, 3.05) is 0 Å². The lowest BCUT2D eigenvalue weighted by Gasteiger charge is -2.05. The number of thiophene rings is 1. The SMILES string of the molecule is c1ccc2c(c1)c1cccc3c4cc(-c5ccc6c(c5)oc5c7ccc(-c8ccc9c(c8)c8cccc%10c%11ccccc%11n9c%108)cc7sc65)ccc4n2c13. The number of hydrogen-bond acceptors (Lipinski definition) is 2. The first-order valence-electron chi connectivity index (χ1n) is 18.5. The van der Waals surface area contributed by atoms with Crippen LogP contribution in [-0.4, -0.2) is 8.80 Å². The summed E-state index contributed by atoms with van der Waals surface area (Å²) in [6.45, 7) is 0. The molecule has 0 aliphatic rings. The minimum Gasteiger partial charge on any atom is -0.454 e. The smallest absolute Gasteiger partial charge is 0.154 e. The summed E-state index contributed by atoms with van der Waals surface area (Å²) in [6, 6.07) is 58.3. The molecular weight excluding hydrogens is 677 g/mol. The zero-order valence-electron chi connectivity index (χ0n) is 28.7. The van der Waals surface area contributed by atoms with Gasteiger partial charge in [-0.3, -0.25) is 0 Å². The Hall–Kier alpha value is -6.88. The molecule has 6 heterocycles. The van der Waals surface area contributed by atoms with Gasteiger partial charge in [0.25, 0.3) is 0 Å². The Balaban J connectivity index is 0.878. The molecule has 54 heavy (non-hydrogen) atoms. The van der Waals surface area contributed by atoms with Gasteiger partial charge in [-0.25, -0.2) is 0 Å². The van der Waals surface area contributed by atoms with Crippen LogP contribution >= 0.6 is 11.3 Å². The lowest BCUT2D eigenvalue weighted by Crippen LogP contribution is -1.82. The Labute approximate surface area is 310 Å². The van der Waals surface area contributed by atoms with Crippen LogP contribution in [0.1, 0.15) is 0 Å². The van der Waals surface area contributed by atoms with Crippen molar-refractivity contribution in [3.05, 3.63) is 158 Å². The van der Waals surface area contributed by atoms with Crippen LogP contribution in [0.3, 0.4) is 0 Å². The molecule has 0 aliphatic carbocycles. The quantitative estimate of drug-likeness (QED) is 0.176. The first-order valence-corrected chi connectivity index (χ1v) is 19.3. The van der Waals surface area contributed by atoms with Gasteiger partial charge in [-0.2, -0.15) is 0 Å². The second kappa shape index (κ2) is 9.56. The summed E-state index contributed by atoms with van der Waals surface area (Å²) >= 11 is 1.83. The Kier molecular flexibility index (Phi) is 4.91. The molecule has 248 valence electrons. The molecule has 0 saturated heterocycles. The average Bonchev–Trinajstić information content (AvgIpc) is 4.06. The number of aromatic nitrogens is 2. The summed E-state index contributed by atoms with van der Waals surface area (Å²) < 4.78 is 14.0. The second-order valence-corrected chi connectivity index (χ2v) is 15.9. The Bertz CT molecular complexity index is 3650. The molecule has 14 aromatic rings. The predicted molar refractivity (Wildman–Crippen MR) is 229 cm³/mol. The standard InChI is InChI=1S/C50H26N2OS/c1-3-13-41-31(7-1)33-9-5-11-35-39-23-27(17-21-43(39)51(41)47(33)35)29-15-19-37-45(25-29)53-49-38-20-16-30(26-46(38)54-50(37)49)28-18-22-44-40(24-28)36-12-6-10-34-32-8-2-4-14-42(32)52(44)48(34)36/h1-26H. The van der Waals surface area contributed by atoms with Gasteiger partial charge in [0.2, 0.25) is 0 Å². The molecule has 0 N–H and O–H groups in total. The van der Waals surface area contributed by atoms with E-state index in [2.05, 4.69) is 167 Å². The summed E-state index contributed by atoms with van der Waals surface area (Å²) in [7, 11) is 0. The van der Waals surface area contributed by atoms with Crippen molar-refractivity contribution in [2.45, 2.75) is 0 Å². The molecule has 0 unspecified atom stereocenters. The van der Waals surface area contributed by atoms with Gasteiger partial charge in [-0.05, 0) is 82.9 Å². The average molecular weight is 703 g/mol. The normalized spacial score (nSPS) is 12.8. The maximum Gasteiger partial charge on any atom is 0.154 e. The molecule has 4 heteroatoms. The van der Waals surface area contributed by atoms with E-state index >= 15 is 0 Å². The highest BCUT2D eigenvalue weighted by Crippen LogP contribution is 2.45. The molecule has 0 amide bonds. The summed E-state index contributed by atoms with van der Waals surface area (Å²) in [5, 5.41) is 12.8. The molecule has 0 fully saturated rings. The number of fused-ring (bicyclic) bond motifs is 17. The minimum absolute atomic E-state index is 0.934. The van der Waals surface area contributed by atoms with Crippen molar-refractivity contribution in [3.63, 3.8) is 0 Å². The molecule has 0 radical (unpaired) electrons. The molecular formula is C50H26N2OS. The van der Waals surface area contributed by atoms with Gasteiger partial charge in [-0.1, -0.05) is 97.1 Å². The van der Waals surface area contributed by atoms with E-state index in [0.29, 0.717) is 0 Å². The largest absolute Gasteiger partial charge is 0.454 e. The number of hydrogen-bond donors (Lipinski definition) is 0. The second-order valence-electron chi connectivity index (χ2n) is 14.9. The zero-order valence-corrected chi connectivity index (χ0v) is 29.5. The molecule has 0 bridgehead atoms. The maximum atomic E-state index is 6.70. The molecule has 0 spiro atoms. The number of para-hydroxylation sites is 4. The summed E-state index contributed by atoms with van der Waals surface area (Å²) in [5.41, 5.74) is 14.4. The van der Waals surface area contributed by atoms with Crippen LogP contribution in [0.2, 0.25) is 0 Å². The van der Waals surface area contributed by atoms with Crippen LogP contribution in [0.15, 0.2) is 162 Å². The summed E-state index contributed by atoms with van der Waals surface area (Å²) in [6.07, 6.45) is 0. The van der Waals surface area contributed by atoms with E-state index < -0.39 is 0 Å². The fourth-order valence-corrected chi connectivity index (χ4v) is 11.0. The highest BCUT2D eigenvalue weighted by Gasteiger charge is 2.20. The van der Waals surface area contributed by atoms with E-state index in [4.69, 9.17) is 4.42 Å². The summed E-state index contributed by atoms with van der Waals surface area (Å²) in [5.74, 6) is 0. The fourth-order valence-electron chi connectivity index (χ4n) is 9.84. The third-order valence-electron chi connectivity index (χ3n) is 12.2. The fraction of sp³-hybridized carbons (Fsp3) is 0. The third-order valence-corrected chi connectivity index (χ3v) is 13.4. The van der Waals surface area contributed by atoms with E-state index in [1.54, 1.807) is 0 Å². The van der Waals surface area contributed by atoms with Crippen molar-refractivity contribution in [3.8, 4) is 22.3 Å². The van der Waals surface area contributed by atoms with Crippen molar-refractivity contribution in [1.82, 2.24) is 8.80 Å². The highest BCUT2D eigenvalue weighted by atomic mass is 32.1. The van der Waals surface area contributed by atoms with Crippen LogP contribution in [0.4, 0.5) is 0 Å². The number of benzene rings is 8. The topological polar surface area (TPSA) is 22.0 Å². The molecule has 8 aromatic carbocycles. The maximum absolute atomic E-state index is 6.70. The minimum atomic E-state index is 0.934. The first-order chi connectivity index (χ1) is 26.8.